The van der Waals surface area contributed by atoms with Gasteiger partial charge in [0, 0.05) is 11.1 Å². The first-order valence-electron chi connectivity index (χ1n) is 6.86. The van der Waals surface area contributed by atoms with Crippen molar-refractivity contribution in [3.05, 3.63) is 11.1 Å². The molecule has 0 bridgehead atoms. The van der Waals surface area contributed by atoms with Crippen molar-refractivity contribution < 1.29 is 45.7 Å². The Bertz CT molecular complexity index is 655. The number of rotatable bonds is 10. The quantitative estimate of drug-likeness (QED) is 0.304. The van der Waals surface area contributed by atoms with Gasteiger partial charge in [-0.05, 0) is 25.7 Å². The van der Waals surface area contributed by atoms with Crippen LogP contribution in [0.4, 0.5) is 0 Å². The summed E-state index contributed by atoms with van der Waals surface area (Å²) in [5.74, 6) is -3.50. The molecule has 0 rings (SSSR count). The van der Waals surface area contributed by atoms with Crippen molar-refractivity contribution in [3.8, 4) is 0 Å². The van der Waals surface area contributed by atoms with Crippen LogP contribution in [0.3, 0.4) is 0 Å². The fourth-order valence-corrected chi connectivity index (χ4v) is 3.65. The minimum atomic E-state index is -4.62. The van der Waals surface area contributed by atoms with Gasteiger partial charge in [-0.15, -0.1) is 0 Å². The van der Waals surface area contributed by atoms with E-state index in [0.717, 1.165) is 0 Å². The van der Waals surface area contributed by atoms with E-state index < -0.39 is 66.7 Å². The molecule has 0 aromatic heterocycles. The van der Waals surface area contributed by atoms with Gasteiger partial charge >= 0.3 is 11.9 Å². The van der Waals surface area contributed by atoms with Gasteiger partial charge < -0.3 is 10.2 Å². The van der Waals surface area contributed by atoms with E-state index in [1.54, 1.807) is 0 Å². The van der Waals surface area contributed by atoms with E-state index in [4.69, 9.17) is 9.11 Å². The Balaban J connectivity index is 6.11. The highest BCUT2D eigenvalue weighted by Crippen LogP contribution is 2.24. The van der Waals surface area contributed by atoms with E-state index in [0.29, 0.717) is 0 Å². The number of hydrogen-bond acceptors (Lipinski definition) is 6. The maximum absolute atomic E-state index is 11.3. The van der Waals surface area contributed by atoms with E-state index in [1.165, 1.54) is 13.8 Å². The average Bonchev–Trinajstić information content (AvgIpc) is 2.38. The number of carbonyl (C=O) groups is 2. The Kier molecular flexibility index (Phi) is 8.02. The molecule has 4 N–H and O–H groups in total. The predicted octanol–water partition coefficient (Wildman–Crippen LogP) is 0.565. The maximum Gasteiger partial charge on any atom is 0.332 e. The fraction of sp³-hybridized carbons (Fsp3) is 0.667. The highest BCUT2D eigenvalue weighted by Gasteiger charge is 2.32. The van der Waals surface area contributed by atoms with Crippen LogP contribution in [0.1, 0.15) is 39.5 Å². The molecule has 0 aliphatic rings. The zero-order valence-corrected chi connectivity index (χ0v) is 14.7. The van der Waals surface area contributed by atoms with Crippen molar-refractivity contribution in [3.63, 3.8) is 0 Å². The summed E-state index contributed by atoms with van der Waals surface area (Å²) in [4.78, 5) is 22.7. The maximum atomic E-state index is 11.3. The molecule has 0 radical (unpaired) electrons. The molecule has 0 aromatic carbocycles. The lowest BCUT2D eigenvalue weighted by molar-refractivity contribution is -0.136. The molecular weight excluding hydrogens is 368 g/mol. The van der Waals surface area contributed by atoms with Crippen LogP contribution in [0.15, 0.2) is 11.1 Å². The summed E-state index contributed by atoms with van der Waals surface area (Å²) in [5, 5.41) is 15.3. The first-order chi connectivity index (χ1) is 10.8. The zero-order chi connectivity index (χ0) is 19.3. The number of aliphatic carboxylic acids is 2. The summed E-state index contributed by atoms with van der Waals surface area (Å²) in [7, 11) is -9.25. The van der Waals surface area contributed by atoms with Gasteiger partial charge in [0.05, 0.1) is 10.5 Å². The second-order valence-corrected chi connectivity index (χ2v) is 8.46. The summed E-state index contributed by atoms with van der Waals surface area (Å²) in [6, 6.07) is 0. The van der Waals surface area contributed by atoms with E-state index in [1.807, 2.05) is 0 Å². The van der Waals surface area contributed by atoms with Crippen molar-refractivity contribution in [1.82, 2.24) is 0 Å². The average molecular weight is 388 g/mol. The Hall–Kier alpha value is -1.50. The normalized spacial score (nSPS) is 16.2. The summed E-state index contributed by atoms with van der Waals surface area (Å²) in [5.41, 5.74) is -1.68. The topological polar surface area (TPSA) is 183 Å². The van der Waals surface area contributed by atoms with Crippen LogP contribution >= 0.6 is 0 Å². The van der Waals surface area contributed by atoms with Gasteiger partial charge in [-0.2, -0.15) is 16.8 Å². The van der Waals surface area contributed by atoms with Crippen molar-refractivity contribution in [2.75, 3.05) is 0 Å². The predicted molar refractivity (Wildman–Crippen MR) is 82.8 cm³/mol. The van der Waals surface area contributed by atoms with Gasteiger partial charge in [0.25, 0.3) is 20.2 Å². The Morgan fingerprint density at radius 1 is 0.750 bits per heavy atom. The third kappa shape index (κ3) is 6.55. The van der Waals surface area contributed by atoms with E-state index in [2.05, 4.69) is 0 Å². The molecule has 10 nitrogen and oxygen atoms in total. The molecule has 0 spiro atoms. The first kappa shape index (κ1) is 22.5. The van der Waals surface area contributed by atoms with Crippen LogP contribution in [0.5, 0.6) is 0 Å². The first-order valence-corrected chi connectivity index (χ1v) is 9.87. The molecule has 2 unspecified atom stereocenters. The second kappa shape index (κ2) is 8.55. The molecular formula is C12H20O10S2. The number of carboxylic acids is 2. The minimum absolute atomic E-state index is 0.183. The van der Waals surface area contributed by atoms with Crippen molar-refractivity contribution in [2.24, 2.45) is 0 Å². The molecule has 0 fully saturated rings. The largest absolute Gasteiger partial charge is 0.478 e. The molecule has 24 heavy (non-hydrogen) atoms. The lowest BCUT2D eigenvalue weighted by Crippen LogP contribution is -2.27. The molecule has 140 valence electrons. The van der Waals surface area contributed by atoms with Gasteiger partial charge in [-0.3, -0.25) is 9.11 Å². The highest BCUT2D eigenvalue weighted by molar-refractivity contribution is 7.86. The van der Waals surface area contributed by atoms with E-state index >= 15 is 0 Å². The highest BCUT2D eigenvalue weighted by atomic mass is 32.2. The van der Waals surface area contributed by atoms with Crippen LogP contribution in [0.25, 0.3) is 0 Å². The van der Waals surface area contributed by atoms with Gasteiger partial charge in [0.15, 0.2) is 0 Å². The Labute approximate surface area is 139 Å². The molecule has 0 saturated heterocycles. The van der Waals surface area contributed by atoms with Crippen molar-refractivity contribution >= 4 is 32.2 Å². The van der Waals surface area contributed by atoms with Gasteiger partial charge in [-0.25, -0.2) is 9.59 Å². The number of hydrogen-bond donors (Lipinski definition) is 4. The summed E-state index contributed by atoms with van der Waals surface area (Å²) in [6.45, 7) is 2.71. The Morgan fingerprint density at radius 2 is 1.00 bits per heavy atom. The molecule has 0 aromatic rings. The minimum Gasteiger partial charge on any atom is -0.478 e. The van der Waals surface area contributed by atoms with Crippen LogP contribution in [0.2, 0.25) is 0 Å². The monoisotopic (exact) mass is 388 g/mol. The molecule has 0 aliphatic carbocycles. The van der Waals surface area contributed by atoms with Crippen molar-refractivity contribution in [2.45, 2.75) is 50.0 Å². The van der Waals surface area contributed by atoms with Gasteiger partial charge in [-0.1, -0.05) is 13.8 Å². The van der Waals surface area contributed by atoms with Crippen molar-refractivity contribution in [1.29, 1.82) is 0 Å². The van der Waals surface area contributed by atoms with Crippen LogP contribution in [-0.4, -0.2) is 58.6 Å². The molecule has 0 amide bonds. The van der Waals surface area contributed by atoms with Gasteiger partial charge in [0.1, 0.15) is 0 Å². The van der Waals surface area contributed by atoms with Gasteiger partial charge in [0.2, 0.25) is 0 Å². The third-order valence-corrected chi connectivity index (χ3v) is 6.18. The molecule has 0 saturated carbocycles. The Morgan fingerprint density at radius 3 is 1.12 bits per heavy atom. The zero-order valence-electron chi connectivity index (χ0n) is 13.0. The fourth-order valence-electron chi connectivity index (χ4n) is 2.06. The summed E-state index contributed by atoms with van der Waals surface area (Å²) in [6.07, 6.45) is -1.99. The van der Waals surface area contributed by atoms with Crippen LogP contribution in [-0.2, 0) is 29.8 Å². The lowest BCUT2D eigenvalue weighted by atomic mass is 9.97. The lowest BCUT2D eigenvalue weighted by Gasteiger charge is -2.17. The van der Waals surface area contributed by atoms with Crippen LogP contribution in [0, 0.1) is 0 Å². The van der Waals surface area contributed by atoms with E-state index in [9.17, 15) is 36.6 Å². The second-order valence-electron chi connectivity index (χ2n) is 5.07. The smallest absolute Gasteiger partial charge is 0.332 e. The molecule has 0 aliphatic heterocycles. The molecule has 0 heterocycles. The summed E-state index contributed by atoms with van der Waals surface area (Å²) >= 11 is 0. The van der Waals surface area contributed by atoms with E-state index in [-0.39, 0.29) is 12.8 Å². The molecule has 12 heteroatoms. The number of carboxylic acid groups (broad SMARTS) is 2. The third-order valence-electron chi connectivity index (χ3n) is 3.50. The van der Waals surface area contributed by atoms with Crippen LogP contribution < -0.4 is 0 Å². The molecule has 2 atom stereocenters. The standard InChI is InChI=1S/C12H20O10S2/c1-3-7(23(17,18)19)5-9(11(13)14)10(12(15)16)6-8(4-2)24(20,21)22/h7-8H,3-6H2,1-2H3,(H,13,14)(H,15,16)(H,17,18,19)(H,20,21,22). The SMILES string of the molecule is CCC(CC(C(=O)O)=C(CC(CC)S(=O)(=O)O)C(=O)O)S(=O)(=O)O. The summed E-state index contributed by atoms with van der Waals surface area (Å²) < 4.78 is 62.9.